The van der Waals surface area contributed by atoms with E-state index < -0.39 is 0 Å². The van der Waals surface area contributed by atoms with Crippen molar-refractivity contribution < 1.29 is 19.0 Å². The first-order chi connectivity index (χ1) is 18.1. The Hall–Kier alpha value is -3.99. The summed E-state index contributed by atoms with van der Waals surface area (Å²) in [6.45, 7) is 5.33. The van der Waals surface area contributed by atoms with Gasteiger partial charge in [-0.2, -0.15) is 0 Å². The molecule has 1 heterocycles. The highest BCUT2D eigenvalue weighted by Crippen LogP contribution is 2.29. The van der Waals surface area contributed by atoms with Gasteiger partial charge in [-0.3, -0.25) is 0 Å². The molecule has 5 nitrogen and oxygen atoms in total. The number of aryl methyl sites for hydroxylation is 1. The third-order valence-corrected chi connectivity index (χ3v) is 6.41. The van der Waals surface area contributed by atoms with Gasteiger partial charge in [0, 0.05) is 23.6 Å². The Labute approximate surface area is 219 Å². The average molecular weight is 498 g/mol. The van der Waals surface area contributed by atoms with E-state index in [0.717, 1.165) is 47.4 Å². The van der Waals surface area contributed by atoms with Crippen LogP contribution in [-0.4, -0.2) is 30.4 Å². The Kier molecular flexibility index (Phi) is 9.03. The molecule has 0 saturated carbocycles. The molecule has 0 N–H and O–H groups in total. The van der Waals surface area contributed by atoms with Crippen LogP contribution in [0.2, 0.25) is 0 Å². The number of unbranched alkanes of at least 4 members (excludes halogenated alkanes) is 1. The van der Waals surface area contributed by atoms with Crippen molar-refractivity contribution >= 4 is 22.9 Å². The molecule has 0 bridgehead atoms. The van der Waals surface area contributed by atoms with Crippen molar-refractivity contribution in [1.82, 2.24) is 4.57 Å². The number of esters is 1. The number of aromatic nitrogens is 1. The monoisotopic (exact) mass is 497 g/mol. The molecular formula is C32H35NO4. The van der Waals surface area contributed by atoms with Gasteiger partial charge in [0.05, 0.1) is 25.4 Å². The summed E-state index contributed by atoms with van der Waals surface area (Å²) in [7, 11) is 1.96. The van der Waals surface area contributed by atoms with Crippen LogP contribution in [0.25, 0.3) is 17.0 Å². The van der Waals surface area contributed by atoms with Crippen LogP contribution in [0.4, 0.5) is 0 Å². The van der Waals surface area contributed by atoms with Crippen molar-refractivity contribution in [2.75, 3.05) is 19.8 Å². The Morgan fingerprint density at radius 3 is 2.27 bits per heavy atom. The summed E-state index contributed by atoms with van der Waals surface area (Å²) in [5.74, 6) is 1.34. The van der Waals surface area contributed by atoms with Crippen LogP contribution in [0.3, 0.4) is 0 Å². The van der Waals surface area contributed by atoms with E-state index >= 15 is 0 Å². The summed E-state index contributed by atoms with van der Waals surface area (Å²) in [6.07, 6.45) is 6.98. The van der Waals surface area contributed by atoms with Crippen LogP contribution >= 0.6 is 0 Å². The van der Waals surface area contributed by atoms with Gasteiger partial charge >= 0.3 is 5.97 Å². The quantitative estimate of drug-likeness (QED) is 0.154. The van der Waals surface area contributed by atoms with E-state index in [1.807, 2.05) is 74.0 Å². The molecule has 0 saturated heterocycles. The summed E-state index contributed by atoms with van der Waals surface area (Å²) in [4.78, 5) is 12.5. The minimum absolute atomic E-state index is 0.295. The lowest BCUT2D eigenvalue weighted by molar-refractivity contribution is 0.0527. The highest BCUT2D eigenvalue weighted by molar-refractivity contribution is 6.06. The first kappa shape index (κ1) is 26.1. The van der Waals surface area contributed by atoms with Gasteiger partial charge in [-0.25, -0.2) is 4.79 Å². The van der Waals surface area contributed by atoms with Crippen molar-refractivity contribution in [3.8, 4) is 11.5 Å². The molecule has 3 aromatic carbocycles. The number of nitrogens with zero attached hydrogens (tertiary/aromatic N) is 1. The Bertz CT molecular complexity index is 1340. The fourth-order valence-electron chi connectivity index (χ4n) is 4.30. The SMILES string of the molecule is CCOC(=O)c1c(C)n(C)c2ccc(OCCCCOc3ccc(C/C=C/c4ccccc4)cc3)cc12. The lowest BCUT2D eigenvalue weighted by Crippen LogP contribution is -2.06. The lowest BCUT2D eigenvalue weighted by Gasteiger charge is -2.09. The molecule has 0 aliphatic rings. The van der Waals surface area contributed by atoms with E-state index in [0.29, 0.717) is 25.4 Å². The largest absolute Gasteiger partial charge is 0.494 e. The minimum Gasteiger partial charge on any atom is -0.494 e. The van der Waals surface area contributed by atoms with Gasteiger partial charge in [-0.1, -0.05) is 54.6 Å². The molecule has 37 heavy (non-hydrogen) atoms. The Balaban J connectivity index is 1.20. The summed E-state index contributed by atoms with van der Waals surface area (Å²) in [5.41, 5.74) is 4.95. The maximum atomic E-state index is 12.5. The third-order valence-electron chi connectivity index (χ3n) is 6.41. The number of ether oxygens (including phenoxy) is 3. The van der Waals surface area contributed by atoms with Crippen molar-refractivity contribution in [3.05, 3.63) is 101 Å². The Morgan fingerprint density at radius 2 is 1.57 bits per heavy atom. The van der Waals surface area contributed by atoms with Gasteiger partial charge in [0.2, 0.25) is 0 Å². The zero-order chi connectivity index (χ0) is 26.0. The van der Waals surface area contributed by atoms with E-state index in [2.05, 4.69) is 36.4 Å². The van der Waals surface area contributed by atoms with Gasteiger partial charge in [-0.15, -0.1) is 0 Å². The molecule has 5 heteroatoms. The zero-order valence-corrected chi connectivity index (χ0v) is 21.9. The normalized spacial score (nSPS) is 11.2. The minimum atomic E-state index is -0.295. The van der Waals surface area contributed by atoms with Gasteiger partial charge in [-0.05, 0) is 74.6 Å². The molecule has 4 aromatic rings. The topological polar surface area (TPSA) is 49.7 Å². The molecule has 0 unspecified atom stereocenters. The summed E-state index contributed by atoms with van der Waals surface area (Å²) in [6, 6.07) is 24.5. The number of benzene rings is 3. The molecule has 0 fully saturated rings. The van der Waals surface area contributed by atoms with Crippen molar-refractivity contribution in [1.29, 1.82) is 0 Å². The molecule has 0 aliphatic heterocycles. The number of fused-ring (bicyclic) bond motifs is 1. The summed E-state index contributed by atoms with van der Waals surface area (Å²) in [5, 5.41) is 0.860. The standard InChI is InChI=1S/C32H35NO4/c1-4-35-32(34)31-24(2)33(3)30-20-19-28(23-29(30)31)37-22-9-8-21-36-27-17-15-26(16-18-27)14-10-13-25-11-6-5-7-12-25/h5-7,10-13,15-20,23H,4,8-9,14,21-22H2,1-3H3/b13-10+. The number of hydrogen-bond acceptors (Lipinski definition) is 4. The number of hydrogen-bond donors (Lipinski definition) is 0. The van der Waals surface area contributed by atoms with Gasteiger partial charge in [0.25, 0.3) is 0 Å². The van der Waals surface area contributed by atoms with Crippen LogP contribution < -0.4 is 9.47 Å². The molecule has 192 valence electrons. The molecule has 0 aliphatic carbocycles. The second-order valence-electron chi connectivity index (χ2n) is 8.98. The van der Waals surface area contributed by atoms with Gasteiger partial charge in [0.1, 0.15) is 11.5 Å². The highest BCUT2D eigenvalue weighted by atomic mass is 16.5. The molecular weight excluding hydrogens is 462 g/mol. The number of carbonyl (C=O) groups is 1. The molecule has 0 radical (unpaired) electrons. The van der Waals surface area contributed by atoms with E-state index in [1.54, 1.807) is 0 Å². The maximum absolute atomic E-state index is 12.5. The second-order valence-corrected chi connectivity index (χ2v) is 8.98. The van der Waals surface area contributed by atoms with Crippen molar-refractivity contribution in [2.24, 2.45) is 7.05 Å². The molecule has 4 rings (SSSR count). The molecule has 0 amide bonds. The van der Waals surface area contributed by atoms with Crippen LogP contribution in [0.15, 0.2) is 78.9 Å². The Morgan fingerprint density at radius 1 is 0.892 bits per heavy atom. The van der Waals surface area contributed by atoms with Crippen LogP contribution in [-0.2, 0) is 18.2 Å². The van der Waals surface area contributed by atoms with Crippen LogP contribution in [0, 0.1) is 6.92 Å². The fourth-order valence-corrected chi connectivity index (χ4v) is 4.30. The van der Waals surface area contributed by atoms with E-state index in [-0.39, 0.29) is 5.97 Å². The summed E-state index contributed by atoms with van der Waals surface area (Å²) >= 11 is 0. The first-order valence-corrected chi connectivity index (χ1v) is 12.9. The average Bonchev–Trinajstić information content (AvgIpc) is 3.16. The van der Waals surface area contributed by atoms with E-state index in [9.17, 15) is 4.79 Å². The van der Waals surface area contributed by atoms with Gasteiger partial charge < -0.3 is 18.8 Å². The van der Waals surface area contributed by atoms with Gasteiger partial charge in [0.15, 0.2) is 0 Å². The number of rotatable bonds is 12. The number of carbonyl (C=O) groups excluding carboxylic acids is 1. The zero-order valence-electron chi connectivity index (χ0n) is 21.9. The predicted molar refractivity (Wildman–Crippen MR) is 149 cm³/mol. The molecule has 0 spiro atoms. The summed E-state index contributed by atoms with van der Waals surface area (Å²) < 4.78 is 19.1. The van der Waals surface area contributed by atoms with Crippen LogP contribution in [0.5, 0.6) is 11.5 Å². The van der Waals surface area contributed by atoms with Crippen molar-refractivity contribution in [2.45, 2.75) is 33.1 Å². The van der Waals surface area contributed by atoms with E-state index in [4.69, 9.17) is 14.2 Å². The predicted octanol–water partition coefficient (Wildman–Crippen LogP) is 7.16. The molecule has 0 atom stereocenters. The van der Waals surface area contributed by atoms with E-state index in [1.165, 1.54) is 11.1 Å². The lowest BCUT2D eigenvalue weighted by atomic mass is 10.1. The first-order valence-electron chi connectivity index (χ1n) is 12.9. The molecule has 1 aromatic heterocycles. The smallest absolute Gasteiger partial charge is 0.340 e. The maximum Gasteiger partial charge on any atom is 0.340 e. The van der Waals surface area contributed by atoms with Crippen molar-refractivity contribution in [3.63, 3.8) is 0 Å². The fraction of sp³-hybridized carbons (Fsp3) is 0.281. The second kappa shape index (κ2) is 12.8. The third kappa shape index (κ3) is 6.82. The number of allylic oxidation sites excluding steroid dienone is 1. The van der Waals surface area contributed by atoms with Crippen LogP contribution in [0.1, 0.15) is 46.9 Å². The highest BCUT2D eigenvalue weighted by Gasteiger charge is 2.20.